The van der Waals surface area contributed by atoms with Crippen LogP contribution in [-0.4, -0.2) is 25.5 Å². The smallest absolute Gasteiger partial charge is 0.870 e. The number of hydrogen-bond donors (Lipinski definition) is 2. The summed E-state index contributed by atoms with van der Waals surface area (Å²) in [7, 11) is -4.65. The van der Waals surface area contributed by atoms with Crippen molar-refractivity contribution in [3.8, 4) is 11.5 Å². The number of carbonyl (C=O) groups excluding carboxylic acids is 1. The molecule has 1 amide bonds. The summed E-state index contributed by atoms with van der Waals surface area (Å²) in [6, 6.07) is 15.8. The summed E-state index contributed by atoms with van der Waals surface area (Å²) < 4.78 is 39.1. The van der Waals surface area contributed by atoms with Gasteiger partial charge >= 0.3 is 29.6 Å². The fourth-order valence-electron chi connectivity index (χ4n) is 4.07. The van der Waals surface area contributed by atoms with Gasteiger partial charge in [-0.2, -0.15) is 18.6 Å². The Morgan fingerprint density at radius 3 is 2.42 bits per heavy atom. The molecule has 0 aliphatic rings. The second kappa shape index (κ2) is 13.3. The third-order valence-corrected chi connectivity index (χ3v) is 7.49. The van der Waals surface area contributed by atoms with Crippen molar-refractivity contribution in [2.75, 3.05) is 11.9 Å². The molecule has 4 rings (SSSR count). The topological polar surface area (TPSA) is 140 Å². The summed E-state index contributed by atoms with van der Waals surface area (Å²) in [5.74, 6) is -1.13. The average molecular weight is 610 g/mol. The minimum absolute atomic E-state index is 0. The minimum Gasteiger partial charge on any atom is -0.870 e. The molecule has 0 bridgehead atoms. The normalized spacial score (nSPS) is 11.4. The number of nitrogens with zero attached hydrogens (tertiary/aromatic N) is 2. The van der Waals surface area contributed by atoms with Gasteiger partial charge in [-0.25, -0.2) is 0 Å². The van der Waals surface area contributed by atoms with Crippen LogP contribution in [0.2, 0.25) is 10.0 Å². The van der Waals surface area contributed by atoms with Gasteiger partial charge in [0.25, 0.3) is 16.0 Å². The zero-order valence-electron chi connectivity index (χ0n) is 21.7. The second-order valence-corrected chi connectivity index (χ2v) is 10.4. The van der Waals surface area contributed by atoms with E-state index in [1.54, 1.807) is 56.3 Å². The summed E-state index contributed by atoms with van der Waals surface area (Å²) >= 11 is 12.2. The molecular weight excluding hydrogens is 588 g/mol. The quantitative estimate of drug-likeness (QED) is 0.175. The van der Waals surface area contributed by atoms with Crippen LogP contribution < -0.4 is 44.7 Å². The maximum Gasteiger partial charge on any atom is 1.00 e. The molecule has 0 fully saturated rings. The van der Waals surface area contributed by atoms with Gasteiger partial charge in [-0.15, -0.1) is 0 Å². The Kier molecular flexibility index (Phi) is 10.6. The fraction of sp³-hybridized carbons (Fsp3) is 0.148. The van der Waals surface area contributed by atoms with Gasteiger partial charge < -0.3 is 15.2 Å². The molecule has 13 heteroatoms. The second-order valence-electron chi connectivity index (χ2n) is 8.23. The Morgan fingerprint density at radius 1 is 1.02 bits per heavy atom. The first kappa shape index (κ1) is 31.8. The van der Waals surface area contributed by atoms with Gasteiger partial charge in [0.15, 0.2) is 5.75 Å². The van der Waals surface area contributed by atoms with Crippen molar-refractivity contribution >= 4 is 67.1 Å². The van der Waals surface area contributed by atoms with E-state index in [4.69, 9.17) is 27.9 Å². The summed E-state index contributed by atoms with van der Waals surface area (Å²) in [5, 5.41) is 25.6. The number of amides is 1. The number of anilines is 1. The van der Waals surface area contributed by atoms with Gasteiger partial charge in [0.05, 0.1) is 33.7 Å². The predicted octanol–water partition coefficient (Wildman–Crippen LogP) is 4.10. The van der Waals surface area contributed by atoms with E-state index in [1.165, 1.54) is 18.2 Å². The zero-order chi connectivity index (χ0) is 28.3. The summed E-state index contributed by atoms with van der Waals surface area (Å²) in [5.41, 5.74) is 0.184. The summed E-state index contributed by atoms with van der Waals surface area (Å²) in [6.07, 6.45) is 0.152. The number of halogens is 2. The molecule has 40 heavy (non-hydrogen) atoms. The monoisotopic (exact) mass is 609 g/mol. The fourth-order valence-corrected chi connectivity index (χ4v) is 5.65. The Balaban J connectivity index is 0.00000441. The van der Waals surface area contributed by atoms with Gasteiger partial charge in [0.1, 0.15) is 4.90 Å². The Labute approximate surface area is 263 Å². The molecule has 0 radical (unpaired) electrons. The van der Waals surface area contributed by atoms with E-state index in [2.05, 4.69) is 15.5 Å². The van der Waals surface area contributed by atoms with Crippen LogP contribution in [0.3, 0.4) is 0 Å². The van der Waals surface area contributed by atoms with E-state index >= 15 is 0 Å². The van der Waals surface area contributed by atoms with Crippen LogP contribution in [0.15, 0.2) is 75.8 Å². The van der Waals surface area contributed by atoms with E-state index in [9.17, 15) is 22.9 Å². The Bertz CT molecular complexity index is 1730. The molecule has 4 aromatic rings. The molecule has 0 saturated heterocycles. The first-order chi connectivity index (χ1) is 18.6. The van der Waals surface area contributed by atoms with Crippen molar-refractivity contribution in [1.29, 1.82) is 0 Å². The van der Waals surface area contributed by atoms with Gasteiger partial charge in [-0.1, -0.05) is 66.2 Å². The van der Waals surface area contributed by atoms with Crippen molar-refractivity contribution in [1.82, 2.24) is 0 Å². The number of benzene rings is 4. The Morgan fingerprint density at radius 2 is 1.75 bits per heavy atom. The predicted molar refractivity (Wildman–Crippen MR) is 149 cm³/mol. The molecule has 0 aromatic heterocycles. The Hall–Kier alpha value is -2.70. The number of para-hydroxylation sites is 1. The van der Waals surface area contributed by atoms with E-state index in [0.29, 0.717) is 22.4 Å². The van der Waals surface area contributed by atoms with Gasteiger partial charge in [0.2, 0.25) is 0 Å². The molecule has 0 aliphatic heterocycles. The average Bonchev–Trinajstić information content (AvgIpc) is 2.89. The van der Waals surface area contributed by atoms with Crippen LogP contribution in [0.4, 0.5) is 17.1 Å². The van der Waals surface area contributed by atoms with E-state index in [0.717, 1.165) is 0 Å². The van der Waals surface area contributed by atoms with Crippen LogP contribution in [0.1, 0.15) is 29.8 Å². The van der Waals surface area contributed by atoms with Gasteiger partial charge in [-0.05, 0) is 49.1 Å². The van der Waals surface area contributed by atoms with E-state index in [1.807, 2.05) is 0 Å². The molecule has 0 heterocycles. The number of azo groups is 1. The number of fused-ring (bicyclic) bond motifs is 1. The van der Waals surface area contributed by atoms with Crippen molar-refractivity contribution < 1.29 is 57.2 Å². The van der Waals surface area contributed by atoms with E-state index < -0.39 is 26.7 Å². The largest absolute Gasteiger partial charge is 1.00 e. The third kappa shape index (κ3) is 6.60. The number of nitrogens with one attached hydrogen (secondary N) is 1. The SMILES string of the molecule is CCOc1c(Cl)cccc1NC(=O)c1cc2ccccc2c(N=Nc2ccc(Cl)c(S(=O)(=O)O)c2CC)c1[O-].[Na+]. The van der Waals surface area contributed by atoms with Crippen LogP contribution >= 0.6 is 23.2 Å². The number of ether oxygens (including phenoxy) is 1. The van der Waals surface area contributed by atoms with Crippen LogP contribution in [0.25, 0.3) is 10.8 Å². The number of rotatable bonds is 8. The minimum atomic E-state index is -4.65. The van der Waals surface area contributed by atoms with Gasteiger partial charge in [-0.3, -0.25) is 9.35 Å². The molecule has 202 valence electrons. The van der Waals surface area contributed by atoms with Crippen LogP contribution in [0, 0.1) is 0 Å². The molecule has 9 nitrogen and oxygen atoms in total. The molecule has 0 aliphatic carbocycles. The van der Waals surface area contributed by atoms with Crippen LogP contribution in [0.5, 0.6) is 11.5 Å². The van der Waals surface area contributed by atoms with Crippen LogP contribution in [-0.2, 0) is 16.5 Å². The molecule has 4 aromatic carbocycles. The van der Waals surface area contributed by atoms with E-state index in [-0.39, 0.29) is 74.9 Å². The first-order valence-corrected chi connectivity index (χ1v) is 13.9. The molecule has 0 unspecified atom stereocenters. The van der Waals surface area contributed by atoms with Crippen molar-refractivity contribution in [2.24, 2.45) is 10.2 Å². The molecule has 0 atom stereocenters. The number of hydrogen-bond acceptors (Lipinski definition) is 7. The molecular formula is C27H22Cl2N3NaO6S. The first-order valence-electron chi connectivity index (χ1n) is 11.7. The molecule has 0 saturated carbocycles. The van der Waals surface area contributed by atoms with Gasteiger partial charge in [0, 0.05) is 16.5 Å². The van der Waals surface area contributed by atoms with Crippen molar-refractivity contribution in [3.63, 3.8) is 0 Å². The van der Waals surface area contributed by atoms with Crippen molar-refractivity contribution in [3.05, 3.63) is 81.8 Å². The maximum absolute atomic E-state index is 13.5. The summed E-state index contributed by atoms with van der Waals surface area (Å²) in [6.45, 7) is 3.74. The standard InChI is InChI=1S/C27H23Cl2N3O6S.Na/c1-3-16-21(13-12-20(29)26(16)39(35,36)37)31-32-23-17-9-6-5-8-15(17)14-18(24(23)33)27(34)30-22-11-7-10-19(28)25(22)38-4-2;/h5-14,33H,3-4H2,1-2H3,(H,30,34)(H,35,36,37);/q;+1/p-1. The summed E-state index contributed by atoms with van der Waals surface area (Å²) in [4.78, 5) is 12.8. The molecule has 0 spiro atoms. The third-order valence-electron chi connectivity index (χ3n) is 5.78. The zero-order valence-corrected chi connectivity index (χ0v) is 26.1. The number of carbonyl (C=O) groups is 1. The maximum atomic E-state index is 13.5. The van der Waals surface area contributed by atoms with Crippen molar-refractivity contribution in [2.45, 2.75) is 25.2 Å². The molecule has 2 N–H and O–H groups in total.